The summed E-state index contributed by atoms with van der Waals surface area (Å²) in [6.07, 6.45) is 3.55. The van der Waals surface area contributed by atoms with E-state index in [1.807, 2.05) is 13.8 Å². The zero-order valence-corrected chi connectivity index (χ0v) is 16.5. The third-order valence-electron chi connectivity index (χ3n) is 4.71. The number of unbranched alkanes of at least 4 members (excludes halogenated alkanes) is 1. The Morgan fingerprint density at radius 3 is 2.38 bits per heavy atom. The molecule has 0 radical (unpaired) electrons. The maximum atomic E-state index is 12.5. The summed E-state index contributed by atoms with van der Waals surface area (Å²) in [5.41, 5.74) is 5.46. The highest BCUT2D eigenvalue weighted by Crippen LogP contribution is 2.23. The zero-order chi connectivity index (χ0) is 18.4. The molecule has 1 heterocycles. The molecule has 1 amide bonds. The zero-order valence-electron chi connectivity index (χ0n) is 15.7. The topological polar surface area (TPSA) is 92.5 Å². The maximum absolute atomic E-state index is 12.5. The van der Waals surface area contributed by atoms with Crippen LogP contribution < -0.4 is 11.1 Å². The van der Waals surface area contributed by atoms with E-state index >= 15 is 0 Å². The Labute approximate surface area is 147 Å². The third-order valence-corrected chi connectivity index (χ3v) is 6.66. The summed E-state index contributed by atoms with van der Waals surface area (Å²) in [5, 5.41) is 3.10. The Morgan fingerprint density at radius 1 is 1.33 bits per heavy atom. The number of amides is 1. The fraction of sp³-hybridized carbons (Fsp3) is 0.941. The number of hydrogen-bond acceptors (Lipinski definition) is 4. The normalized spacial score (nSPS) is 20.1. The highest BCUT2D eigenvalue weighted by atomic mass is 32.2. The third kappa shape index (κ3) is 6.33. The molecule has 0 spiro atoms. The van der Waals surface area contributed by atoms with E-state index < -0.39 is 15.6 Å². The minimum atomic E-state index is -3.17. The van der Waals surface area contributed by atoms with E-state index in [2.05, 4.69) is 19.2 Å². The lowest BCUT2D eigenvalue weighted by atomic mass is 9.89. The molecule has 0 saturated carbocycles. The molecule has 3 N–H and O–H groups in total. The van der Waals surface area contributed by atoms with Crippen LogP contribution in [0, 0.1) is 11.8 Å². The fourth-order valence-electron chi connectivity index (χ4n) is 3.34. The molecule has 1 atom stereocenters. The number of piperidine rings is 1. The molecule has 0 aromatic rings. The van der Waals surface area contributed by atoms with Gasteiger partial charge in [-0.25, -0.2) is 12.7 Å². The average Bonchev–Trinajstić information content (AvgIpc) is 2.52. The standard InChI is InChI=1S/C17H35N3O3S/c1-5-6-11-24(22,23)20-9-7-15(8-10-20)16(21)19-17(4,13-18)12-14(2)3/h14-15H,5-13,18H2,1-4H3,(H,19,21). The van der Waals surface area contributed by atoms with Crippen LogP contribution in [0.4, 0.5) is 0 Å². The average molecular weight is 362 g/mol. The molecular weight excluding hydrogens is 326 g/mol. The van der Waals surface area contributed by atoms with Crippen LogP contribution in [0.5, 0.6) is 0 Å². The van der Waals surface area contributed by atoms with Gasteiger partial charge in [-0.3, -0.25) is 4.79 Å². The van der Waals surface area contributed by atoms with E-state index in [1.165, 1.54) is 0 Å². The largest absolute Gasteiger partial charge is 0.349 e. The molecule has 7 heteroatoms. The number of nitrogens with two attached hydrogens (primary N) is 1. The van der Waals surface area contributed by atoms with Crippen molar-refractivity contribution >= 4 is 15.9 Å². The monoisotopic (exact) mass is 361 g/mol. The van der Waals surface area contributed by atoms with Crippen LogP contribution >= 0.6 is 0 Å². The van der Waals surface area contributed by atoms with Crippen molar-refractivity contribution in [2.75, 3.05) is 25.4 Å². The van der Waals surface area contributed by atoms with Gasteiger partial charge in [0.2, 0.25) is 15.9 Å². The number of carbonyl (C=O) groups is 1. The van der Waals surface area contributed by atoms with Crippen molar-refractivity contribution in [1.82, 2.24) is 9.62 Å². The number of nitrogens with one attached hydrogen (secondary N) is 1. The Balaban J connectivity index is 2.56. The Bertz CT molecular complexity index is 499. The molecular formula is C17H35N3O3S. The van der Waals surface area contributed by atoms with Gasteiger partial charge in [0.05, 0.1) is 5.75 Å². The van der Waals surface area contributed by atoms with Crippen molar-refractivity contribution in [2.45, 2.75) is 65.3 Å². The number of sulfonamides is 1. The van der Waals surface area contributed by atoms with Crippen molar-refractivity contribution < 1.29 is 13.2 Å². The van der Waals surface area contributed by atoms with E-state index in [9.17, 15) is 13.2 Å². The maximum Gasteiger partial charge on any atom is 0.223 e. The first-order valence-corrected chi connectivity index (χ1v) is 10.7. The van der Waals surface area contributed by atoms with Gasteiger partial charge in [0.25, 0.3) is 0 Å². The van der Waals surface area contributed by atoms with Crippen LogP contribution in [-0.2, 0) is 14.8 Å². The lowest BCUT2D eigenvalue weighted by Crippen LogP contribution is -2.55. The second-order valence-electron chi connectivity index (χ2n) is 7.69. The molecule has 1 aliphatic heterocycles. The molecule has 0 bridgehead atoms. The Hall–Kier alpha value is -0.660. The van der Waals surface area contributed by atoms with E-state index in [0.717, 1.165) is 12.8 Å². The van der Waals surface area contributed by atoms with Gasteiger partial charge in [-0.2, -0.15) is 0 Å². The summed E-state index contributed by atoms with van der Waals surface area (Å²) < 4.78 is 26.0. The quantitative estimate of drug-likeness (QED) is 0.654. The first kappa shape index (κ1) is 21.4. The van der Waals surface area contributed by atoms with E-state index in [0.29, 0.717) is 44.8 Å². The molecule has 6 nitrogen and oxygen atoms in total. The molecule has 1 rings (SSSR count). The number of hydrogen-bond donors (Lipinski definition) is 2. The number of rotatable bonds is 9. The van der Waals surface area contributed by atoms with Crippen molar-refractivity contribution in [3.05, 3.63) is 0 Å². The van der Waals surface area contributed by atoms with Crippen LogP contribution in [0.2, 0.25) is 0 Å². The lowest BCUT2D eigenvalue weighted by molar-refractivity contribution is -0.128. The van der Waals surface area contributed by atoms with E-state index in [-0.39, 0.29) is 17.6 Å². The van der Waals surface area contributed by atoms with Crippen molar-refractivity contribution in [2.24, 2.45) is 17.6 Å². The predicted molar refractivity (Wildman–Crippen MR) is 98.0 cm³/mol. The van der Waals surface area contributed by atoms with Gasteiger partial charge in [-0.15, -0.1) is 0 Å². The molecule has 0 aromatic heterocycles. The van der Waals surface area contributed by atoms with Crippen LogP contribution in [0.1, 0.15) is 59.8 Å². The van der Waals surface area contributed by atoms with Crippen LogP contribution in [0.25, 0.3) is 0 Å². The summed E-state index contributed by atoms with van der Waals surface area (Å²) in [6.45, 7) is 9.47. The summed E-state index contributed by atoms with van der Waals surface area (Å²) in [6, 6.07) is 0. The first-order valence-electron chi connectivity index (χ1n) is 9.13. The predicted octanol–water partition coefficient (Wildman–Crippen LogP) is 1.71. The van der Waals surface area contributed by atoms with Gasteiger partial charge in [0.1, 0.15) is 0 Å². The highest BCUT2D eigenvalue weighted by Gasteiger charge is 2.33. The van der Waals surface area contributed by atoms with Crippen LogP contribution in [0.15, 0.2) is 0 Å². The molecule has 0 aromatic carbocycles. The van der Waals surface area contributed by atoms with Crippen LogP contribution in [0.3, 0.4) is 0 Å². The second-order valence-corrected chi connectivity index (χ2v) is 9.78. The van der Waals surface area contributed by atoms with Gasteiger partial charge >= 0.3 is 0 Å². The van der Waals surface area contributed by atoms with Gasteiger partial charge in [-0.05, 0) is 38.5 Å². The van der Waals surface area contributed by atoms with Gasteiger partial charge < -0.3 is 11.1 Å². The smallest absolute Gasteiger partial charge is 0.223 e. The summed E-state index contributed by atoms with van der Waals surface area (Å²) >= 11 is 0. The summed E-state index contributed by atoms with van der Waals surface area (Å²) in [5.74, 6) is 0.541. The fourth-order valence-corrected chi connectivity index (χ4v) is 5.02. The molecule has 1 saturated heterocycles. The minimum absolute atomic E-state index is 0.00852. The first-order chi connectivity index (χ1) is 11.1. The Morgan fingerprint density at radius 2 is 1.92 bits per heavy atom. The lowest BCUT2D eigenvalue weighted by Gasteiger charge is -2.35. The molecule has 142 valence electrons. The molecule has 24 heavy (non-hydrogen) atoms. The molecule has 0 aliphatic carbocycles. The summed E-state index contributed by atoms with van der Waals surface area (Å²) in [7, 11) is -3.17. The Kier molecular flexibility index (Phi) is 8.15. The molecule has 1 fully saturated rings. The van der Waals surface area contributed by atoms with Gasteiger partial charge in [0, 0.05) is 31.1 Å². The minimum Gasteiger partial charge on any atom is -0.349 e. The second kappa shape index (κ2) is 9.15. The van der Waals surface area contributed by atoms with Gasteiger partial charge in [0.15, 0.2) is 0 Å². The molecule has 1 aliphatic rings. The number of nitrogens with zero attached hydrogens (tertiary/aromatic N) is 1. The summed E-state index contributed by atoms with van der Waals surface area (Å²) in [4.78, 5) is 12.5. The van der Waals surface area contributed by atoms with Crippen molar-refractivity contribution in [3.63, 3.8) is 0 Å². The van der Waals surface area contributed by atoms with Crippen molar-refractivity contribution in [1.29, 1.82) is 0 Å². The van der Waals surface area contributed by atoms with Crippen LogP contribution in [-0.4, -0.2) is 49.6 Å². The van der Waals surface area contributed by atoms with Gasteiger partial charge in [-0.1, -0.05) is 27.2 Å². The van der Waals surface area contributed by atoms with E-state index in [1.54, 1.807) is 4.31 Å². The van der Waals surface area contributed by atoms with Crippen molar-refractivity contribution in [3.8, 4) is 0 Å². The SMILES string of the molecule is CCCCS(=O)(=O)N1CCC(C(=O)NC(C)(CN)CC(C)C)CC1. The molecule has 1 unspecified atom stereocenters. The highest BCUT2D eigenvalue weighted by molar-refractivity contribution is 7.89. The van der Waals surface area contributed by atoms with E-state index in [4.69, 9.17) is 5.73 Å². The number of carbonyl (C=O) groups excluding carboxylic acids is 1.